The van der Waals surface area contributed by atoms with Gasteiger partial charge in [-0.25, -0.2) is 13.1 Å². The van der Waals surface area contributed by atoms with Gasteiger partial charge in [-0.05, 0) is 50.4 Å². The summed E-state index contributed by atoms with van der Waals surface area (Å²) in [6.07, 6.45) is 3.41. The molecule has 8 heteroatoms. The second-order valence-electron chi connectivity index (χ2n) is 5.18. The normalized spacial score (nSPS) is 14.2. The number of unbranched alkanes of at least 4 members (excludes halogenated alkanes) is 1. The van der Waals surface area contributed by atoms with Gasteiger partial charge in [-0.1, -0.05) is 6.07 Å². The molecule has 1 saturated carbocycles. The lowest BCUT2D eigenvalue weighted by Crippen LogP contribution is -2.27. The third kappa shape index (κ3) is 5.57. The maximum Gasteiger partial charge on any atom is 0.251 e. The Morgan fingerprint density at radius 2 is 2.00 bits per heavy atom. The summed E-state index contributed by atoms with van der Waals surface area (Å²) in [5, 5.41) is 2.76. The number of carbonyl (C=O) groups is 1. The maximum atomic E-state index is 12.1. The fraction of sp³-hybridized carbons (Fsp3) is 0.500. The number of nitrogens with one attached hydrogen (secondary N) is 2. The van der Waals surface area contributed by atoms with Crippen molar-refractivity contribution in [2.24, 2.45) is 5.73 Å². The molecule has 4 N–H and O–H groups in total. The van der Waals surface area contributed by atoms with E-state index in [1.54, 1.807) is 12.1 Å². The zero-order chi connectivity index (χ0) is 15.3. The van der Waals surface area contributed by atoms with E-state index >= 15 is 0 Å². The molecule has 1 aromatic carbocycles. The van der Waals surface area contributed by atoms with Crippen molar-refractivity contribution in [1.29, 1.82) is 0 Å². The summed E-state index contributed by atoms with van der Waals surface area (Å²) in [6.45, 7) is 1.13. The number of amides is 1. The monoisotopic (exact) mass is 347 g/mol. The second-order valence-corrected chi connectivity index (χ2v) is 6.89. The Hall–Kier alpha value is -1.15. The average molecular weight is 348 g/mol. The largest absolute Gasteiger partial charge is 0.352 e. The summed E-state index contributed by atoms with van der Waals surface area (Å²) in [6, 6.07) is 6.13. The molecule has 6 nitrogen and oxygen atoms in total. The van der Waals surface area contributed by atoms with Crippen molar-refractivity contribution in [2.75, 3.05) is 13.1 Å². The van der Waals surface area contributed by atoms with Gasteiger partial charge in [0.2, 0.25) is 10.0 Å². The molecule has 0 spiro atoms. The SMILES string of the molecule is Cl.NCCCCNC(=O)c1cccc(S(=O)(=O)NC2CC2)c1. The van der Waals surface area contributed by atoms with E-state index in [1.807, 2.05) is 0 Å². The molecule has 1 aliphatic rings. The summed E-state index contributed by atoms with van der Waals surface area (Å²) < 4.78 is 26.8. The predicted molar refractivity (Wildman–Crippen MR) is 87.7 cm³/mol. The highest BCUT2D eigenvalue weighted by Crippen LogP contribution is 2.22. The number of halogens is 1. The van der Waals surface area contributed by atoms with E-state index in [0.29, 0.717) is 18.7 Å². The summed E-state index contributed by atoms with van der Waals surface area (Å²) in [7, 11) is -3.53. The summed E-state index contributed by atoms with van der Waals surface area (Å²) in [5.74, 6) is -0.268. The lowest BCUT2D eigenvalue weighted by molar-refractivity contribution is 0.0953. The minimum atomic E-state index is -3.53. The molecule has 1 aromatic rings. The van der Waals surface area contributed by atoms with Crippen molar-refractivity contribution >= 4 is 28.3 Å². The molecule has 0 heterocycles. The van der Waals surface area contributed by atoms with Crippen LogP contribution in [0.5, 0.6) is 0 Å². The molecule has 0 bridgehead atoms. The average Bonchev–Trinajstić information content (AvgIpc) is 3.27. The van der Waals surface area contributed by atoms with Crippen LogP contribution >= 0.6 is 12.4 Å². The van der Waals surface area contributed by atoms with Crippen LogP contribution in [-0.2, 0) is 10.0 Å². The van der Waals surface area contributed by atoms with E-state index in [1.165, 1.54) is 12.1 Å². The van der Waals surface area contributed by atoms with Gasteiger partial charge in [-0.15, -0.1) is 12.4 Å². The van der Waals surface area contributed by atoms with Gasteiger partial charge in [0.05, 0.1) is 4.90 Å². The molecular weight excluding hydrogens is 326 g/mol. The van der Waals surface area contributed by atoms with Gasteiger partial charge in [0, 0.05) is 18.2 Å². The lowest BCUT2D eigenvalue weighted by Gasteiger charge is -2.08. The van der Waals surface area contributed by atoms with Crippen LogP contribution in [-0.4, -0.2) is 33.5 Å². The van der Waals surface area contributed by atoms with Crippen LogP contribution < -0.4 is 15.8 Å². The third-order valence-electron chi connectivity index (χ3n) is 3.22. The number of hydrogen-bond acceptors (Lipinski definition) is 4. The number of sulfonamides is 1. The first-order valence-corrected chi connectivity index (χ1v) is 8.62. The highest BCUT2D eigenvalue weighted by molar-refractivity contribution is 7.89. The zero-order valence-corrected chi connectivity index (χ0v) is 13.9. The Labute approximate surface area is 137 Å². The highest BCUT2D eigenvalue weighted by atomic mass is 35.5. The van der Waals surface area contributed by atoms with Crippen molar-refractivity contribution in [3.63, 3.8) is 0 Å². The Morgan fingerprint density at radius 1 is 1.27 bits per heavy atom. The molecule has 0 aromatic heterocycles. The summed E-state index contributed by atoms with van der Waals surface area (Å²) in [4.78, 5) is 12.1. The van der Waals surface area contributed by atoms with Crippen molar-refractivity contribution in [3.8, 4) is 0 Å². The first-order valence-electron chi connectivity index (χ1n) is 7.13. The summed E-state index contributed by atoms with van der Waals surface area (Å²) >= 11 is 0. The fourth-order valence-electron chi connectivity index (χ4n) is 1.87. The van der Waals surface area contributed by atoms with Crippen molar-refractivity contribution in [3.05, 3.63) is 29.8 Å². The quantitative estimate of drug-likeness (QED) is 0.611. The molecule has 0 aliphatic heterocycles. The third-order valence-corrected chi connectivity index (χ3v) is 4.74. The molecule has 1 fully saturated rings. The smallest absolute Gasteiger partial charge is 0.251 e. The maximum absolute atomic E-state index is 12.1. The van der Waals surface area contributed by atoms with Crippen LogP contribution in [0.2, 0.25) is 0 Å². The summed E-state index contributed by atoms with van der Waals surface area (Å²) in [5.41, 5.74) is 5.73. The van der Waals surface area contributed by atoms with Crippen LogP contribution in [0.3, 0.4) is 0 Å². The Kier molecular flexibility index (Phi) is 7.28. The highest BCUT2D eigenvalue weighted by Gasteiger charge is 2.28. The number of benzene rings is 1. The number of carbonyl (C=O) groups excluding carboxylic acids is 1. The van der Waals surface area contributed by atoms with Crippen molar-refractivity contribution < 1.29 is 13.2 Å². The molecule has 0 unspecified atom stereocenters. The van der Waals surface area contributed by atoms with E-state index in [4.69, 9.17) is 5.73 Å². The van der Waals surface area contributed by atoms with Gasteiger partial charge in [0.15, 0.2) is 0 Å². The number of rotatable bonds is 8. The van der Waals surface area contributed by atoms with Crippen LogP contribution in [0.1, 0.15) is 36.0 Å². The van der Waals surface area contributed by atoms with Gasteiger partial charge in [0.25, 0.3) is 5.91 Å². The second kappa shape index (κ2) is 8.47. The van der Waals surface area contributed by atoms with Gasteiger partial charge >= 0.3 is 0 Å². The predicted octanol–water partition coefficient (Wildman–Crippen LogP) is 1.02. The first-order chi connectivity index (χ1) is 10.0. The molecule has 1 aliphatic carbocycles. The van der Waals surface area contributed by atoms with Crippen LogP contribution in [0, 0.1) is 0 Å². The molecule has 22 heavy (non-hydrogen) atoms. The van der Waals surface area contributed by atoms with E-state index in [9.17, 15) is 13.2 Å². The standard InChI is InChI=1S/C14H21N3O3S.ClH/c15-8-1-2-9-16-14(18)11-4-3-5-13(10-11)21(19,20)17-12-6-7-12;/h3-5,10,12,17H,1-2,6-9,15H2,(H,16,18);1H. The Bertz CT molecular complexity index is 603. The molecule has 2 rings (SSSR count). The Morgan fingerprint density at radius 3 is 2.64 bits per heavy atom. The lowest BCUT2D eigenvalue weighted by atomic mass is 10.2. The van der Waals surface area contributed by atoms with Crippen LogP contribution in [0.15, 0.2) is 29.2 Å². The number of nitrogens with two attached hydrogens (primary N) is 1. The number of hydrogen-bond donors (Lipinski definition) is 3. The molecular formula is C14H22ClN3O3S. The van der Waals surface area contributed by atoms with Crippen molar-refractivity contribution in [2.45, 2.75) is 36.6 Å². The van der Waals surface area contributed by atoms with Gasteiger partial charge < -0.3 is 11.1 Å². The van der Waals surface area contributed by atoms with Gasteiger partial charge in [0.1, 0.15) is 0 Å². The minimum Gasteiger partial charge on any atom is -0.352 e. The van der Waals surface area contributed by atoms with Crippen LogP contribution in [0.4, 0.5) is 0 Å². The van der Waals surface area contributed by atoms with Crippen LogP contribution in [0.25, 0.3) is 0 Å². The molecule has 0 saturated heterocycles. The minimum absolute atomic E-state index is 0. The van der Waals surface area contributed by atoms with E-state index in [0.717, 1.165) is 25.7 Å². The molecule has 1 amide bonds. The topological polar surface area (TPSA) is 101 Å². The van der Waals surface area contributed by atoms with E-state index in [2.05, 4.69) is 10.0 Å². The Balaban J connectivity index is 0.00000242. The zero-order valence-electron chi connectivity index (χ0n) is 12.2. The van der Waals surface area contributed by atoms with E-state index < -0.39 is 10.0 Å². The van der Waals surface area contributed by atoms with Gasteiger partial charge in [-0.3, -0.25) is 4.79 Å². The van der Waals surface area contributed by atoms with Crippen molar-refractivity contribution in [1.82, 2.24) is 10.0 Å². The fourth-order valence-corrected chi connectivity index (χ4v) is 3.22. The molecule has 0 radical (unpaired) electrons. The molecule has 124 valence electrons. The van der Waals surface area contributed by atoms with E-state index in [-0.39, 0.29) is 29.3 Å². The first kappa shape index (κ1) is 18.9. The molecule has 0 atom stereocenters. The van der Waals surface area contributed by atoms with Gasteiger partial charge in [-0.2, -0.15) is 0 Å².